The smallest absolute Gasteiger partial charge is 0.337 e. The van der Waals surface area contributed by atoms with Gasteiger partial charge in [0.2, 0.25) is 5.91 Å². The predicted molar refractivity (Wildman–Crippen MR) is 111 cm³/mol. The zero-order valence-electron chi connectivity index (χ0n) is 16.7. The molecule has 3 rings (SSSR count). The van der Waals surface area contributed by atoms with Crippen molar-refractivity contribution in [1.82, 2.24) is 4.90 Å². The molecule has 1 saturated heterocycles. The summed E-state index contributed by atoms with van der Waals surface area (Å²) in [4.78, 5) is 38.2. The zero-order valence-corrected chi connectivity index (χ0v) is 16.7. The highest BCUT2D eigenvalue weighted by molar-refractivity contribution is 5.97. The van der Waals surface area contributed by atoms with E-state index in [1.807, 2.05) is 11.8 Å². The van der Waals surface area contributed by atoms with E-state index < -0.39 is 5.97 Å². The molecule has 0 spiro atoms. The molecule has 0 aromatic heterocycles. The molecule has 0 radical (unpaired) electrons. The molecule has 1 heterocycles. The van der Waals surface area contributed by atoms with Gasteiger partial charge in [-0.25, -0.2) is 4.79 Å². The molecule has 0 saturated carbocycles. The third-order valence-electron chi connectivity index (χ3n) is 4.91. The van der Waals surface area contributed by atoms with Crippen LogP contribution in [0.2, 0.25) is 0 Å². The van der Waals surface area contributed by atoms with Crippen LogP contribution >= 0.6 is 0 Å². The predicted octanol–water partition coefficient (Wildman–Crippen LogP) is 3.07. The standard InChI is InChI=1S/C22H25N3O4/c1-15-5-6-17(22(28)29-2)13-19(15)24-20(26)14-23-18-9-7-16(8-10-18)21(27)25-11-3-4-12-25/h5-10,13,23H,3-4,11-12,14H2,1-2H3,(H,24,26). The van der Waals surface area contributed by atoms with E-state index in [-0.39, 0.29) is 18.4 Å². The number of anilines is 2. The van der Waals surface area contributed by atoms with Gasteiger partial charge in [0.05, 0.1) is 19.2 Å². The Labute approximate surface area is 170 Å². The number of methoxy groups -OCH3 is 1. The van der Waals surface area contributed by atoms with E-state index in [1.165, 1.54) is 7.11 Å². The third-order valence-corrected chi connectivity index (χ3v) is 4.91. The molecule has 0 bridgehead atoms. The second kappa shape index (κ2) is 9.23. The summed E-state index contributed by atoms with van der Waals surface area (Å²) in [6, 6.07) is 12.1. The van der Waals surface area contributed by atoms with Crippen LogP contribution in [-0.4, -0.2) is 49.4 Å². The molecule has 1 aliphatic rings. The highest BCUT2D eigenvalue weighted by Gasteiger charge is 2.19. The second-order valence-corrected chi connectivity index (χ2v) is 7.00. The van der Waals surface area contributed by atoms with E-state index in [0.29, 0.717) is 16.8 Å². The number of likely N-dealkylation sites (tertiary alicyclic amines) is 1. The molecule has 7 heteroatoms. The van der Waals surface area contributed by atoms with Gasteiger partial charge in [0.1, 0.15) is 0 Å². The van der Waals surface area contributed by atoms with Crippen LogP contribution in [0.4, 0.5) is 11.4 Å². The van der Waals surface area contributed by atoms with Crippen molar-refractivity contribution in [3.63, 3.8) is 0 Å². The molecule has 2 aromatic rings. The van der Waals surface area contributed by atoms with Gasteiger partial charge in [0.25, 0.3) is 5.91 Å². The average molecular weight is 395 g/mol. The van der Waals surface area contributed by atoms with E-state index in [2.05, 4.69) is 10.6 Å². The maximum atomic E-state index is 12.4. The van der Waals surface area contributed by atoms with Gasteiger partial charge >= 0.3 is 5.97 Å². The lowest BCUT2D eigenvalue weighted by molar-refractivity contribution is -0.114. The summed E-state index contributed by atoms with van der Waals surface area (Å²) in [5.74, 6) is -0.651. The Morgan fingerprint density at radius 1 is 1.00 bits per heavy atom. The van der Waals surface area contributed by atoms with E-state index in [9.17, 15) is 14.4 Å². The molecule has 1 fully saturated rings. The molecule has 0 atom stereocenters. The maximum Gasteiger partial charge on any atom is 0.337 e. The number of hydrogen-bond acceptors (Lipinski definition) is 5. The van der Waals surface area contributed by atoms with Gasteiger partial charge in [-0.1, -0.05) is 6.07 Å². The molecule has 2 amide bonds. The lowest BCUT2D eigenvalue weighted by Crippen LogP contribution is -2.27. The highest BCUT2D eigenvalue weighted by atomic mass is 16.5. The van der Waals surface area contributed by atoms with Gasteiger partial charge in [-0.2, -0.15) is 0 Å². The first-order valence-electron chi connectivity index (χ1n) is 9.60. The molecule has 1 aliphatic heterocycles. The molecular formula is C22H25N3O4. The highest BCUT2D eigenvalue weighted by Crippen LogP contribution is 2.18. The monoisotopic (exact) mass is 395 g/mol. The Morgan fingerprint density at radius 3 is 2.31 bits per heavy atom. The molecule has 29 heavy (non-hydrogen) atoms. The fourth-order valence-corrected chi connectivity index (χ4v) is 3.21. The molecule has 7 nitrogen and oxygen atoms in total. The Hall–Kier alpha value is -3.35. The van der Waals surface area contributed by atoms with Gasteiger partial charge in [-0.3, -0.25) is 9.59 Å². The summed E-state index contributed by atoms with van der Waals surface area (Å²) in [5.41, 5.74) is 3.18. The van der Waals surface area contributed by atoms with Crippen LogP contribution < -0.4 is 10.6 Å². The van der Waals surface area contributed by atoms with Crippen molar-refractivity contribution < 1.29 is 19.1 Å². The van der Waals surface area contributed by atoms with Gasteiger partial charge in [-0.05, 0) is 61.7 Å². The quantitative estimate of drug-likeness (QED) is 0.734. The molecular weight excluding hydrogens is 370 g/mol. The first-order chi connectivity index (χ1) is 14.0. The summed E-state index contributed by atoms with van der Waals surface area (Å²) in [7, 11) is 1.31. The lowest BCUT2D eigenvalue weighted by atomic mass is 10.1. The van der Waals surface area contributed by atoms with Crippen LogP contribution in [0.1, 0.15) is 39.1 Å². The third kappa shape index (κ3) is 5.13. The number of rotatable bonds is 6. The fourth-order valence-electron chi connectivity index (χ4n) is 3.21. The second-order valence-electron chi connectivity index (χ2n) is 7.00. The van der Waals surface area contributed by atoms with E-state index in [4.69, 9.17) is 4.74 Å². The Morgan fingerprint density at radius 2 is 1.66 bits per heavy atom. The van der Waals surface area contributed by atoms with E-state index >= 15 is 0 Å². The summed E-state index contributed by atoms with van der Waals surface area (Å²) in [5, 5.41) is 5.84. The van der Waals surface area contributed by atoms with Crippen LogP contribution in [-0.2, 0) is 9.53 Å². The molecule has 0 aliphatic carbocycles. The van der Waals surface area contributed by atoms with Crippen LogP contribution in [0.3, 0.4) is 0 Å². The first-order valence-corrected chi connectivity index (χ1v) is 9.60. The SMILES string of the molecule is COC(=O)c1ccc(C)c(NC(=O)CNc2ccc(C(=O)N3CCCC3)cc2)c1. The van der Waals surface area contributed by atoms with Crippen molar-refractivity contribution in [3.05, 3.63) is 59.2 Å². The number of nitrogens with one attached hydrogen (secondary N) is 2. The average Bonchev–Trinajstić information content (AvgIpc) is 3.28. The largest absolute Gasteiger partial charge is 0.465 e. The minimum Gasteiger partial charge on any atom is -0.465 e. The van der Waals surface area contributed by atoms with Crippen molar-refractivity contribution >= 4 is 29.2 Å². The Balaban J connectivity index is 1.55. The summed E-state index contributed by atoms with van der Waals surface area (Å²) in [6.45, 7) is 3.53. The van der Waals surface area contributed by atoms with E-state index in [0.717, 1.165) is 37.2 Å². The zero-order chi connectivity index (χ0) is 20.8. The minimum atomic E-state index is -0.456. The Kier molecular flexibility index (Phi) is 6.49. The normalized spacial score (nSPS) is 13.1. The minimum absolute atomic E-state index is 0.0488. The molecule has 2 aromatic carbocycles. The summed E-state index contributed by atoms with van der Waals surface area (Å²) in [6.07, 6.45) is 2.12. The van der Waals surface area contributed by atoms with E-state index in [1.54, 1.807) is 42.5 Å². The van der Waals surface area contributed by atoms with Gasteiger partial charge < -0.3 is 20.3 Å². The van der Waals surface area contributed by atoms with Crippen LogP contribution in [0.25, 0.3) is 0 Å². The van der Waals surface area contributed by atoms with Crippen molar-refractivity contribution in [2.75, 3.05) is 37.4 Å². The molecule has 152 valence electrons. The number of hydrogen-bond donors (Lipinski definition) is 2. The topological polar surface area (TPSA) is 87.7 Å². The summed E-state index contributed by atoms with van der Waals surface area (Å²) >= 11 is 0. The number of amides is 2. The first kappa shape index (κ1) is 20.4. The maximum absolute atomic E-state index is 12.4. The van der Waals surface area contributed by atoms with Crippen LogP contribution in [0, 0.1) is 6.92 Å². The fraction of sp³-hybridized carbons (Fsp3) is 0.318. The van der Waals surface area contributed by atoms with Crippen molar-refractivity contribution in [2.24, 2.45) is 0 Å². The number of carbonyl (C=O) groups excluding carboxylic acids is 3. The number of benzene rings is 2. The Bertz CT molecular complexity index is 903. The number of aryl methyl sites for hydroxylation is 1. The molecule has 0 unspecified atom stereocenters. The van der Waals surface area contributed by atoms with Gasteiger partial charge in [0.15, 0.2) is 0 Å². The van der Waals surface area contributed by atoms with Crippen molar-refractivity contribution in [2.45, 2.75) is 19.8 Å². The van der Waals surface area contributed by atoms with Crippen molar-refractivity contribution in [3.8, 4) is 0 Å². The van der Waals surface area contributed by atoms with Crippen molar-refractivity contribution in [1.29, 1.82) is 0 Å². The number of carbonyl (C=O) groups is 3. The molecule has 2 N–H and O–H groups in total. The number of ether oxygens (including phenoxy) is 1. The summed E-state index contributed by atoms with van der Waals surface area (Å²) < 4.78 is 4.71. The van der Waals surface area contributed by atoms with Gasteiger partial charge in [0, 0.05) is 30.0 Å². The van der Waals surface area contributed by atoms with Crippen LogP contribution in [0.15, 0.2) is 42.5 Å². The van der Waals surface area contributed by atoms with Gasteiger partial charge in [-0.15, -0.1) is 0 Å². The lowest BCUT2D eigenvalue weighted by Gasteiger charge is -2.15. The number of esters is 1. The number of nitrogens with zero attached hydrogens (tertiary/aromatic N) is 1. The van der Waals surface area contributed by atoms with Crippen LogP contribution in [0.5, 0.6) is 0 Å².